The van der Waals surface area contributed by atoms with Crippen molar-refractivity contribution in [2.24, 2.45) is 10.8 Å². The van der Waals surface area contributed by atoms with Crippen molar-refractivity contribution in [3.63, 3.8) is 0 Å². The minimum atomic E-state index is 0. The minimum Gasteiger partial charge on any atom is -0.334 e. The molecule has 4 rings (SSSR count). The number of hydrogen-bond donors (Lipinski definition) is 0. The van der Waals surface area contributed by atoms with Crippen LogP contribution in [0.5, 0.6) is 0 Å². The smallest absolute Gasteiger partial charge is 0.272 e. The Balaban J connectivity index is 0.00000256. The zero-order valence-electron chi connectivity index (χ0n) is 17.0. The van der Waals surface area contributed by atoms with E-state index in [4.69, 9.17) is 23.2 Å². The predicted octanol–water partition coefficient (Wildman–Crippen LogP) is 7.36. The van der Waals surface area contributed by atoms with E-state index in [0.29, 0.717) is 27.5 Å². The topological polar surface area (TPSA) is 33.2 Å². The predicted molar refractivity (Wildman–Crippen MR) is 128 cm³/mol. The van der Waals surface area contributed by atoms with Crippen LogP contribution in [0.3, 0.4) is 0 Å². The molecule has 2 aromatic rings. The summed E-state index contributed by atoms with van der Waals surface area (Å²) in [7, 11) is 0. The Morgan fingerprint density at radius 2 is 1.90 bits per heavy atom. The molecule has 162 valence electrons. The molecule has 0 spiro atoms. The molecule has 0 radical (unpaired) electrons. The number of carbonyl (C=O) groups excluding carboxylic acids is 1. The lowest BCUT2D eigenvalue weighted by Crippen LogP contribution is -2.38. The molecule has 1 aliphatic carbocycles. The van der Waals surface area contributed by atoms with Crippen molar-refractivity contribution in [3.8, 4) is 0 Å². The molecule has 1 aromatic carbocycles. The number of nitrogens with zero attached hydrogens (tertiary/aromatic N) is 2. The lowest BCUT2D eigenvalue weighted by molar-refractivity contribution is 0.0702. The molecule has 30 heavy (non-hydrogen) atoms. The van der Waals surface area contributed by atoms with Crippen LogP contribution >= 0.6 is 35.0 Å². The summed E-state index contributed by atoms with van der Waals surface area (Å²) in [5.74, 6) is 0.694. The van der Waals surface area contributed by atoms with Gasteiger partial charge in [0.1, 0.15) is 5.69 Å². The van der Waals surface area contributed by atoms with Gasteiger partial charge < -0.3 is 4.90 Å². The maximum absolute atomic E-state index is 13.3. The number of benzene rings is 1. The molecule has 2 bridgehead atoms. The van der Waals surface area contributed by atoms with Crippen molar-refractivity contribution in [1.29, 1.82) is 0 Å². The highest BCUT2D eigenvalue weighted by molar-refractivity contribution is 7.98. The molecule has 1 aromatic heterocycles. The molecule has 2 aliphatic rings. The lowest BCUT2D eigenvalue weighted by Gasteiger charge is -2.39. The molecule has 1 saturated heterocycles. The van der Waals surface area contributed by atoms with Gasteiger partial charge in [0.25, 0.3) is 5.91 Å². The fraction of sp³-hybridized carbons (Fsp3) is 0.500. The Labute approximate surface area is 194 Å². The van der Waals surface area contributed by atoms with Crippen LogP contribution in [0, 0.1) is 10.8 Å². The SMILES string of the molecule is C.CC1(C)C[C@@H]2C[C@@](C)(CN2C(=O)c2cccc(CSc3cccc(Cl)c3Cl)n2)C1. The number of fused-ring (bicyclic) bond motifs is 2. The second-order valence-electron chi connectivity index (χ2n) is 9.50. The molecule has 3 nitrogen and oxygen atoms in total. The number of carbonyl (C=O) groups is 1. The molecule has 1 saturated carbocycles. The Kier molecular flexibility index (Phi) is 6.81. The third-order valence-electron chi connectivity index (χ3n) is 5.99. The first-order valence-corrected chi connectivity index (χ1v) is 11.7. The zero-order chi connectivity index (χ0) is 20.8. The van der Waals surface area contributed by atoms with Gasteiger partial charge >= 0.3 is 0 Å². The Morgan fingerprint density at radius 3 is 2.67 bits per heavy atom. The summed E-state index contributed by atoms with van der Waals surface area (Å²) >= 11 is 14.0. The highest BCUT2D eigenvalue weighted by atomic mass is 35.5. The van der Waals surface area contributed by atoms with E-state index in [9.17, 15) is 4.79 Å². The maximum Gasteiger partial charge on any atom is 0.272 e. The summed E-state index contributed by atoms with van der Waals surface area (Å²) in [4.78, 5) is 20.9. The first-order valence-electron chi connectivity index (χ1n) is 10.00. The van der Waals surface area contributed by atoms with Crippen LogP contribution in [-0.2, 0) is 5.75 Å². The number of likely N-dealkylation sites (tertiary alicyclic amines) is 1. The standard InChI is InChI=1S/C23H26Cl2N2OS.CH4/c1-22(2)10-16-11-23(3,13-22)14-27(16)21(28)18-8-4-6-15(26-18)12-29-19-9-5-7-17(24)20(19)25;/h4-9,16H,10-14H2,1-3H3;1H4/t16-,23-;/m1./s1. The van der Waals surface area contributed by atoms with Gasteiger partial charge in [-0.25, -0.2) is 4.98 Å². The average Bonchev–Trinajstić information content (AvgIpc) is 2.91. The van der Waals surface area contributed by atoms with E-state index in [2.05, 4.69) is 30.7 Å². The summed E-state index contributed by atoms with van der Waals surface area (Å²) in [6.45, 7) is 7.80. The summed E-state index contributed by atoms with van der Waals surface area (Å²) < 4.78 is 0. The molecule has 0 N–H and O–H groups in total. The molecule has 2 atom stereocenters. The van der Waals surface area contributed by atoms with Crippen molar-refractivity contribution in [2.45, 2.75) is 64.2 Å². The Morgan fingerprint density at radius 1 is 1.17 bits per heavy atom. The van der Waals surface area contributed by atoms with E-state index in [1.54, 1.807) is 17.8 Å². The monoisotopic (exact) mass is 464 g/mol. The van der Waals surface area contributed by atoms with Gasteiger partial charge in [0, 0.05) is 23.2 Å². The molecule has 2 heterocycles. The summed E-state index contributed by atoms with van der Waals surface area (Å²) in [6, 6.07) is 11.6. The Bertz CT molecular complexity index is 949. The molecule has 1 amide bonds. The summed E-state index contributed by atoms with van der Waals surface area (Å²) in [5.41, 5.74) is 1.91. The van der Waals surface area contributed by atoms with Crippen LogP contribution in [0.1, 0.15) is 63.6 Å². The fourth-order valence-corrected chi connectivity index (χ4v) is 6.67. The summed E-state index contributed by atoms with van der Waals surface area (Å²) in [5, 5.41) is 1.11. The largest absolute Gasteiger partial charge is 0.334 e. The highest BCUT2D eigenvalue weighted by Gasteiger charge is 2.51. The lowest BCUT2D eigenvalue weighted by atomic mass is 9.65. The van der Waals surface area contributed by atoms with Gasteiger partial charge in [0.05, 0.1) is 15.7 Å². The van der Waals surface area contributed by atoms with Crippen LogP contribution in [0.4, 0.5) is 0 Å². The first kappa shape index (κ1) is 23.4. The molecular weight excluding hydrogens is 435 g/mol. The van der Waals surface area contributed by atoms with Gasteiger partial charge in [0.2, 0.25) is 0 Å². The number of thioether (sulfide) groups is 1. The highest BCUT2D eigenvalue weighted by Crippen LogP contribution is 2.52. The third kappa shape index (κ3) is 4.81. The van der Waals surface area contributed by atoms with Crippen molar-refractivity contribution in [2.75, 3.05) is 6.54 Å². The second kappa shape index (κ2) is 8.72. The van der Waals surface area contributed by atoms with Crippen LogP contribution in [0.25, 0.3) is 0 Å². The normalized spacial score (nSPS) is 24.4. The minimum absolute atomic E-state index is 0. The van der Waals surface area contributed by atoms with Crippen molar-refractivity contribution < 1.29 is 4.79 Å². The van der Waals surface area contributed by atoms with E-state index in [-0.39, 0.29) is 24.2 Å². The second-order valence-corrected chi connectivity index (χ2v) is 11.3. The molecule has 0 unspecified atom stereocenters. The van der Waals surface area contributed by atoms with E-state index in [0.717, 1.165) is 30.0 Å². The first-order chi connectivity index (χ1) is 13.7. The number of rotatable bonds is 4. The van der Waals surface area contributed by atoms with Crippen molar-refractivity contribution >= 4 is 40.9 Å². The van der Waals surface area contributed by atoms with Gasteiger partial charge in [-0.2, -0.15) is 0 Å². The van der Waals surface area contributed by atoms with Gasteiger partial charge in [-0.15, -0.1) is 11.8 Å². The maximum atomic E-state index is 13.3. The Hall–Kier alpha value is -1.23. The van der Waals surface area contributed by atoms with Crippen LogP contribution in [-0.4, -0.2) is 28.4 Å². The van der Waals surface area contributed by atoms with Gasteiger partial charge in [-0.3, -0.25) is 4.79 Å². The number of aromatic nitrogens is 1. The van der Waals surface area contributed by atoms with E-state index in [1.807, 2.05) is 30.3 Å². The quantitative estimate of drug-likeness (QED) is 0.443. The van der Waals surface area contributed by atoms with E-state index in [1.165, 1.54) is 6.42 Å². The van der Waals surface area contributed by atoms with E-state index < -0.39 is 0 Å². The van der Waals surface area contributed by atoms with Crippen LogP contribution in [0.15, 0.2) is 41.3 Å². The molecule has 1 aliphatic heterocycles. The van der Waals surface area contributed by atoms with Crippen molar-refractivity contribution in [1.82, 2.24) is 9.88 Å². The van der Waals surface area contributed by atoms with Gasteiger partial charge in [-0.1, -0.05) is 63.5 Å². The average molecular weight is 465 g/mol. The van der Waals surface area contributed by atoms with E-state index >= 15 is 0 Å². The number of pyridine rings is 1. The molecule has 2 fully saturated rings. The fourth-order valence-electron chi connectivity index (χ4n) is 5.27. The molecular formula is C24H30Cl2N2OS. The number of amides is 1. The third-order valence-corrected chi connectivity index (χ3v) is 8.02. The molecule has 6 heteroatoms. The summed E-state index contributed by atoms with van der Waals surface area (Å²) in [6.07, 6.45) is 3.34. The number of halogens is 2. The number of hydrogen-bond acceptors (Lipinski definition) is 3. The van der Waals surface area contributed by atoms with Crippen LogP contribution in [0.2, 0.25) is 10.0 Å². The van der Waals surface area contributed by atoms with Crippen LogP contribution < -0.4 is 0 Å². The van der Waals surface area contributed by atoms with Crippen molar-refractivity contribution in [3.05, 3.63) is 57.8 Å². The zero-order valence-corrected chi connectivity index (χ0v) is 19.4. The van der Waals surface area contributed by atoms with Gasteiger partial charge in [-0.05, 0) is 54.4 Å². The van der Waals surface area contributed by atoms with Gasteiger partial charge in [0.15, 0.2) is 0 Å².